The van der Waals surface area contributed by atoms with E-state index in [1.165, 1.54) is 0 Å². The maximum absolute atomic E-state index is 13.5. The van der Waals surface area contributed by atoms with E-state index >= 15 is 0 Å². The van der Waals surface area contributed by atoms with E-state index in [0.717, 1.165) is 31.0 Å². The molecule has 0 heterocycles. The first-order valence-corrected chi connectivity index (χ1v) is 6.33. The van der Waals surface area contributed by atoms with Crippen molar-refractivity contribution in [3.8, 4) is 0 Å². The third-order valence-electron chi connectivity index (χ3n) is 3.22. The molecule has 0 aliphatic heterocycles. The fraction of sp³-hybridized carbons (Fsp3) is 0.500. The van der Waals surface area contributed by atoms with Gasteiger partial charge < -0.3 is 4.74 Å². The standard InChI is InChI=1S/C14H17F2NO2/c1-19-7-6-17(11-3-4-11)9-14(18)12-8-10(15)2-5-13(12)16/h2,5,8,11H,3-4,6-7,9H2,1H3. The van der Waals surface area contributed by atoms with Crippen molar-refractivity contribution in [2.45, 2.75) is 18.9 Å². The molecule has 0 spiro atoms. The van der Waals surface area contributed by atoms with Crippen LogP contribution in [0.4, 0.5) is 8.78 Å². The number of hydrogen-bond donors (Lipinski definition) is 0. The van der Waals surface area contributed by atoms with Gasteiger partial charge in [-0.15, -0.1) is 0 Å². The molecule has 1 aliphatic rings. The van der Waals surface area contributed by atoms with Crippen molar-refractivity contribution in [2.24, 2.45) is 0 Å². The van der Waals surface area contributed by atoms with Crippen LogP contribution in [0.5, 0.6) is 0 Å². The molecule has 0 unspecified atom stereocenters. The molecule has 1 aliphatic carbocycles. The lowest BCUT2D eigenvalue weighted by Gasteiger charge is -2.20. The molecule has 104 valence electrons. The Balaban J connectivity index is 2.03. The Morgan fingerprint density at radius 3 is 2.79 bits per heavy atom. The van der Waals surface area contributed by atoms with Crippen molar-refractivity contribution in [1.29, 1.82) is 0 Å². The zero-order valence-electron chi connectivity index (χ0n) is 10.9. The summed E-state index contributed by atoms with van der Waals surface area (Å²) in [6.45, 7) is 1.26. The van der Waals surface area contributed by atoms with Crippen LogP contribution in [0.1, 0.15) is 23.2 Å². The van der Waals surface area contributed by atoms with Gasteiger partial charge in [0.05, 0.1) is 18.7 Å². The molecule has 0 bridgehead atoms. The summed E-state index contributed by atoms with van der Waals surface area (Å²) < 4.78 is 31.6. The monoisotopic (exact) mass is 269 g/mol. The molecule has 2 rings (SSSR count). The number of halogens is 2. The topological polar surface area (TPSA) is 29.5 Å². The molecule has 1 fully saturated rings. The predicted octanol–water partition coefficient (Wildman–Crippen LogP) is 2.26. The van der Waals surface area contributed by atoms with Crippen LogP contribution in [0.25, 0.3) is 0 Å². The normalized spacial score (nSPS) is 14.9. The van der Waals surface area contributed by atoms with E-state index in [-0.39, 0.29) is 17.9 Å². The van der Waals surface area contributed by atoms with Gasteiger partial charge in [-0.1, -0.05) is 0 Å². The lowest BCUT2D eigenvalue weighted by molar-refractivity contribution is 0.0881. The molecule has 1 aromatic carbocycles. The second-order valence-electron chi connectivity index (χ2n) is 4.74. The number of rotatable bonds is 7. The highest BCUT2D eigenvalue weighted by molar-refractivity contribution is 5.97. The average molecular weight is 269 g/mol. The number of methoxy groups -OCH3 is 1. The lowest BCUT2D eigenvalue weighted by Crippen LogP contribution is -2.35. The Labute approximate surface area is 111 Å². The summed E-state index contributed by atoms with van der Waals surface area (Å²) in [7, 11) is 1.60. The number of nitrogens with zero attached hydrogens (tertiary/aromatic N) is 1. The minimum Gasteiger partial charge on any atom is -0.383 e. The van der Waals surface area contributed by atoms with E-state index in [4.69, 9.17) is 4.74 Å². The zero-order valence-corrected chi connectivity index (χ0v) is 10.9. The number of benzene rings is 1. The number of ether oxygens (including phenoxy) is 1. The summed E-state index contributed by atoms with van der Waals surface area (Å²) in [5.74, 6) is -1.66. The Morgan fingerprint density at radius 2 is 2.16 bits per heavy atom. The smallest absolute Gasteiger partial charge is 0.179 e. The highest BCUT2D eigenvalue weighted by atomic mass is 19.1. The molecule has 0 amide bonds. The largest absolute Gasteiger partial charge is 0.383 e. The van der Waals surface area contributed by atoms with E-state index in [2.05, 4.69) is 0 Å². The van der Waals surface area contributed by atoms with Gasteiger partial charge in [-0.25, -0.2) is 8.78 Å². The minimum atomic E-state index is -0.672. The minimum absolute atomic E-state index is 0.106. The number of carbonyl (C=O) groups excluding carboxylic acids is 1. The Morgan fingerprint density at radius 1 is 1.42 bits per heavy atom. The van der Waals surface area contributed by atoms with Crippen LogP contribution in [0.2, 0.25) is 0 Å². The molecule has 3 nitrogen and oxygen atoms in total. The van der Waals surface area contributed by atoms with E-state index in [9.17, 15) is 13.6 Å². The van der Waals surface area contributed by atoms with Gasteiger partial charge in [0.2, 0.25) is 0 Å². The highest BCUT2D eigenvalue weighted by Crippen LogP contribution is 2.26. The van der Waals surface area contributed by atoms with Gasteiger partial charge in [0, 0.05) is 19.7 Å². The molecule has 0 N–H and O–H groups in total. The van der Waals surface area contributed by atoms with Crippen molar-refractivity contribution in [1.82, 2.24) is 4.90 Å². The van der Waals surface area contributed by atoms with Crippen LogP contribution >= 0.6 is 0 Å². The van der Waals surface area contributed by atoms with Crippen molar-refractivity contribution in [2.75, 3.05) is 26.8 Å². The van der Waals surface area contributed by atoms with E-state index < -0.39 is 11.6 Å². The van der Waals surface area contributed by atoms with Crippen LogP contribution in [0.15, 0.2) is 18.2 Å². The maximum Gasteiger partial charge on any atom is 0.179 e. The van der Waals surface area contributed by atoms with E-state index in [1.807, 2.05) is 4.90 Å². The summed E-state index contributed by atoms with van der Waals surface area (Å²) in [5, 5.41) is 0. The molecule has 0 atom stereocenters. The Bertz CT molecular complexity index is 461. The van der Waals surface area contributed by atoms with Crippen molar-refractivity contribution in [3.63, 3.8) is 0 Å². The molecule has 1 saturated carbocycles. The Kier molecular flexibility index (Phi) is 4.61. The van der Waals surface area contributed by atoms with Crippen molar-refractivity contribution >= 4 is 5.78 Å². The lowest BCUT2D eigenvalue weighted by atomic mass is 10.1. The van der Waals surface area contributed by atoms with Gasteiger partial charge >= 0.3 is 0 Å². The number of carbonyl (C=O) groups is 1. The summed E-state index contributed by atoms with van der Waals surface area (Å²) in [4.78, 5) is 14.0. The first-order chi connectivity index (χ1) is 9.11. The number of ketones is 1. The van der Waals surface area contributed by atoms with Crippen molar-refractivity contribution in [3.05, 3.63) is 35.4 Å². The molecule has 0 saturated heterocycles. The van der Waals surface area contributed by atoms with Crippen LogP contribution in [0, 0.1) is 11.6 Å². The second-order valence-corrected chi connectivity index (χ2v) is 4.74. The van der Waals surface area contributed by atoms with Crippen LogP contribution in [-0.4, -0.2) is 43.5 Å². The van der Waals surface area contributed by atoms with Gasteiger partial charge in [0.25, 0.3) is 0 Å². The van der Waals surface area contributed by atoms with Gasteiger partial charge in [0.1, 0.15) is 11.6 Å². The van der Waals surface area contributed by atoms with Gasteiger partial charge in [-0.2, -0.15) is 0 Å². The molecule has 0 radical (unpaired) electrons. The summed E-state index contributed by atoms with van der Waals surface area (Å²) in [6.07, 6.45) is 2.09. The average Bonchev–Trinajstić information content (AvgIpc) is 3.21. The van der Waals surface area contributed by atoms with Crippen LogP contribution < -0.4 is 0 Å². The fourth-order valence-electron chi connectivity index (χ4n) is 2.02. The van der Waals surface area contributed by atoms with Crippen molar-refractivity contribution < 1.29 is 18.3 Å². The number of hydrogen-bond acceptors (Lipinski definition) is 3. The van der Waals surface area contributed by atoms with Crippen LogP contribution in [0.3, 0.4) is 0 Å². The van der Waals surface area contributed by atoms with E-state index in [0.29, 0.717) is 19.2 Å². The summed E-state index contributed by atoms with van der Waals surface area (Å²) in [6, 6.07) is 3.32. The fourth-order valence-corrected chi connectivity index (χ4v) is 2.02. The van der Waals surface area contributed by atoms with Gasteiger partial charge in [-0.05, 0) is 31.0 Å². The van der Waals surface area contributed by atoms with Gasteiger partial charge in [-0.3, -0.25) is 9.69 Å². The third-order valence-corrected chi connectivity index (χ3v) is 3.22. The van der Waals surface area contributed by atoms with Gasteiger partial charge in [0.15, 0.2) is 5.78 Å². The second kappa shape index (κ2) is 6.21. The molecule has 0 aromatic heterocycles. The molecule has 19 heavy (non-hydrogen) atoms. The SMILES string of the molecule is COCCN(CC(=O)c1cc(F)ccc1F)C1CC1. The summed E-state index contributed by atoms with van der Waals surface area (Å²) >= 11 is 0. The molecule has 5 heteroatoms. The quantitative estimate of drug-likeness (QED) is 0.711. The Hall–Kier alpha value is -1.33. The maximum atomic E-state index is 13.5. The first kappa shape index (κ1) is 14.1. The predicted molar refractivity (Wildman–Crippen MR) is 67.2 cm³/mol. The molecular formula is C14H17F2NO2. The molecular weight excluding hydrogens is 252 g/mol. The zero-order chi connectivity index (χ0) is 13.8. The van der Waals surface area contributed by atoms with Crippen LogP contribution in [-0.2, 0) is 4.74 Å². The summed E-state index contributed by atoms with van der Waals surface area (Å²) in [5.41, 5.74) is -0.178. The highest BCUT2D eigenvalue weighted by Gasteiger charge is 2.30. The first-order valence-electron chi connectivity index (χ1n) is 6.33. The number of Topliss-reactive ketones (excluding diaryl/α,β-unsaturated/α-hetero) is 1. The van der Waals surface area contributed by atoms with E-state index in [1.54, 1.807) is 7.11 Å². The molecule has 1 aromatic rings. The third kappa shape index (κ3) is 3.81.